The summed E-state index contributed by atoms with van der Waals surface area (Å²) < 4.78 is 0. The normalized spacial score (nSPS) is 14.7. The first-order chi connectivity index (χ1) is 11.7. The van der Waals surface area contributed by atoms with Gasteiger partial charge in [-0.1, -0.05) is 0 Å². The van der Waals surface area contributed by atoms with Crippen molar-refractivity contribution in [1.82, 2.24) is 20.5 Å². The minimum absolute atomic E-state index is 0. The minimum Gasteiger partial charge on any atom is -0.357 e. The first-order valence-corrected chi connectivity index (χ1v) is 10.2. The molecule has 3 heterocycles. The summed E-state index contributed by atoms with van der Waals surface area (Å²) in [6, 6.07) is 2.27. The highest BCUT2D eigenvalue weighted by Crippen LogP contribution is 2.23. The molecule has 0 fully saturated rings. The lowest BCUT2D eigenvalue weighted by Gasteiger charge is -2.27. The minimum atomic E-state index is 0. The topological polar surface area (TPSA) is 52.6 Å². The average Bonchev–Trinajstić information content (AvgIpc) is 3.20. The third kappa shape index (κ3) is 6.19. The van der Waals surface area contributed by atoms with E-state index in [2.05, 4.69) is 50.8 Å². The molecule has 2 N–H and O–H groups in total. The highest BCUT2D eigenvalue weighted by Gasteiger charge is 2.16. The van der Waals surface area contributed by atoms with E-state index in [0.29, 0.717) is 6.54 Å². The van der Waals surface area contributed by atoms with Crippen molar-refractivity contribution in [2.24, 2.45) is 4.99 Å². The molecule has 2 aromatic rings. The molecule has 8 heteroatoms. The number of hydrogen-bond donors (Lipinski definition) is 2. The van der Waals surface area contributed by atoms with Crippen molar-refractivity contribution in [3.8, 4) is 0 Å². The zero-order valence-corrected chi connectivity index (χ0v) is 18.7. The molecule has 0 radical (unpaired) electrons. The summed E-state index contributed by atoms with van der Waals surface area (Å²) in [6.45, 7) is 9.84. The van der Waals surface area contributed by atoms with Crippen molar-refractivity contribution >= 4 is 52.6 Å². The summed E-state index contributed by atoms with van der Waals surface area (Å²) in [7, 11) is 0. The fraction of sp³-hybridized carbons (Fsp3) is 0.529. The van der Waals surface area contributed by atoms with Crippen molar-refractivity contribution in [3.05, 3.63) is 38.0 Å². The zero-order chi connectivity index (χ0) is 16.8. The van der Waals surface area contributed by atoms with Gasteiger partial charge >= 0.3 is 0 Å². The fourth-order valence-electron chi connectivity index (χ4n) is 2.79. The van der Waals surface area contributed by atoms with Gasteiger partial charge in [-0.2, -0.15) is 0 Å². The Balaban J connectivity index is 0.00000225. The van der Waals surface area contributed by atoms with E-state index in [1.807, 2.05) is 17.5 Å². The lowest BCUT2D eigenvalue weighted by molar-refractivity contribution is 0.260. The Morgan fingerprint density at radius 1 is 1.40 bits per heavy atom. The monoisotopic (exact) mass is 491 g/mol. The number of guanidine groups is 1. The van der Waals surface area contributed by atoms with Crippen molar-refractivity contribution < 1.29 is 0 Å². The number of nitrogens with zero attached hydrogens (tertiary/aromatic N) is 3. The van der Waals surface area contributed by atoms with Crippen LogP contribution < -0.4 is 10.6 Å². The van der Waals surface area contributed by atoms with Crippen LogP contribution in [0, 0.1) is 6.92 Å². The Kier molecular flexibility index (Phi) is 8.60. The first-order valence-electron chi connectivity index (χ1n) is 8.45. The van der Waals surface area contributed by atoms with Gasteiger partial charge in [-0.05, 0) is 37.3 Å². The van der Waals surface area contributed by atoms with Gasteiger partial charge in [0.05, 0.1) is 6.54 Å². The van der Waals surface area contributed by atoms with Crippen LogP contribution in [0.3, 0.4) is 0 Å². The number of rotatable bonds is 6. The number of aliphatic imine (C=N–C) groups is 1. The second kappa shape index (κ2) is 10.4. The van der Waals surface area contributed by atoms with Gasteiger partial charge in [0.15, 0.2) is 5.96 Å². The van der Waals surface area contributed by atoms with Gasteiger partial charge < -0.3 is 10.6 Å². The molecule has 2 aromatic heterocycles. The maximum absolute atomic E-state index is 4.63. The molecule has 0 unspecified atom stereocenters. The molecule has 0 saturated heterocycles. The standard InChI is InChI=1S/C17H25N5S2.HI/c1-3-18-17(21-11-16-20-10-13(2)24-16)19-6-8-22-7-4-15-14(12-22)5-9-23-15;/h5,9-10H,3-4,6-8,11-12H2,1-2H3,(H2,18,19,21);1H. The predicted octanol–water partition coefficient (Wildman–Crippen LogP) is 3.24. The molecule has 1 aliphatic heterocycles. The van der Waals surface area contributed by atoms with Crippen LogP contribution in [-0.2, 0) is 19.5 Å². The Morgan fingerprint density at radius 3 is 3.04 bits per heavy atom. The third-order valence-corrected chi connectivity index (χ3v) is 5.91. The van der Waals surface area contributed by atoms with Gasteiger partial charge in [-0.25, -0.2) is 9.98 Å². The number of halogens is 1. The van der Waals surface area contributed by atoms with Crippen LogP contribution in [0.15, 0.2) is 22.6 Å². The second-order valence-electron chi connectivity index (χ2n) is 5.88. The van der Waals surface area contributed by atoms with Gasteiger partial charge in [-0.3, -0.25) is 4.90 Å². The Morgan fingerprint density at radius 2 is 2.28 bits per heavy atom. The molecular formula is C17H26IN5S2. The van der Waals surface area contributed by atoms with Crippen LogP contribution in [-0.4, -0.2) is 42.0 Å². The van der Waals surface area contributed by atoms with E-state index in [-0.39, 0.29) is 24.0 Å². The molecule has 0 bridgehead atoms. The molecule has 25 heavy (non-hydrogen) atoms. The van der Waals surface area contributed by atoms with E-state index in [1.165, 1.54) is 16.9 Å². The number of nitrogens with one attached hydrogen (secondary N) is 2. The maximum atomic E-state index is 4.63. The molecular weight excluding hydrogens is 465 g/mol. The predicted molar refractivity (Wildman–Crippen MR) is 118 cm³/mol. The zero-order valence-electron chi connectivity index (χ0n) is 14.7. The number of thiazole rings is 1. The molecule has 0 aliphatic carbocycles. The summed E-state index contributed by atoms with van der Waals surface area (Å²) in [5.41, 5.74) is 1.51. The molecule has 0 spiro atoms. The molecule has 1 aliphatic rings. The summed E-state index contributed by atoms with van der Waals surface area (Å²) >= 11 is 3.60. The SMILES string of the molecule is CCNC(=NCc1ncc(C)s1)NCCN1CCc2sccc2C1.I. The smallest absolute Gasteiger partial charge is 0.191 e. The van der Waals surface area contributed by atoms with Gasteiger partial charge in [-0.15, -0.1) is 46.7 Å². The molecule has 0 aromatic carbocycles. The summed E-state index contributed by atoms with van der Waals surface area (Å²) in [4.78, 5) is 14.3. The van der Waals surface area contributed by atoms with Crippen LogP contribution in [0.2, 0.25) is 0 Å². The van der Waals surface area contributed by atoms with Gasteiger partial charge in [0.1, 0.15) is 5.01 Å². The Labute approximate surface area is 175 Å². The number of thiophene rings is 1. The number of hydrogen-bond acceptors (Lipinski definition) is 5. The highest BCUT2D eigenvalue weighted by molar-refractivity contribution is 14.0. The van der Waals surface area contributed by atoms with E-state index < -0.39 is 0 Å². The number of fused-ring (bicyclic) bond motifs is 1. The lowest BCUT2D eigenvalue weighted by Crippen LogP contribution is -2.42. The van der Waals surface area contributed by atoms with Crippen LogP contribution in [0.4, 0.5) is 0 Å². The van der Waals surface area contributed by atoms with Crippen LogP contribution in [0.5, 0.6) is 0 Å². The molecule has 0 amide bonds. The van der Waals surface area contributed by atoms with Gasteiger partial charge in [0, 0.05) is 48.7 Å². The molecule has 138 valence electrons. The Bertz CT molecular complexity index is 682. The summed E-state index contributed by atoms with van der Waals surface area (Å²) in [6.07, 6.45) is 3.09. The molecule has 0 atom stereocenters. The third-order valence-electron chi connectivity index (χ3n) is 3.99. The van der Waals surface area contributed by atoms with Crippen molar-refractivity contribution in [2.45, 2.75) is 33.4 Å². The van der Waals surface area contributed by atoms with Crippen LogP contribution in [0.25, 0.3) is 0 Å². The van der Waals surface area contributed by atoms with Crippen LogP contribution >= 0.6 is 46.7 Å². The molecule has 3 rings (SSSR count). The van der Waals surface area contributed by atoms with Crippen molar-refractivity contribution in [3.63, 3.8) is 0 Å². The number of aromatic nitrogens is 1. The maximum Gasteiger partial charge on any atom is 0.191 e. The van der Waals surface area contributed by atoms with E-state index in [9.17, 15) is 0 Å². The second-order valence-corrected chi connectivity index (χ2v) is 8.20. The average molecular weight is 491 g/mol. The Hall–Kier alpha value is -0.710. The quantitative estimate of drug-likeness (QED) is 0.370. The fourth-order valence-corrected chi connectivity index (χ4v) is 4.39. The van der Waals surface area contributed by atoms with E-state index in [1.54, 1.807) is 16.2 Å². The van der Waals surface area contributed by atoms with Crippen molar-refractivity contribution in [1.29, 1.82) is 0 Å². The van der Waals surface area contributed by atoms with Gasteiger partial charge in [0.2, 0.25) is 0 Å². The molecule has 5 nitrogen and oxygen atoms in total. The molecule has 0 saturated carbocycles. The lowest BCUT2D eigenvalue weighted by atomic mass is 10.1. The largest absolute Gasteiger partial charge is 0.357 e. The van der Waals surface area contributed by atoms with E-state index >= 15 is 0 Å². The van der Waals surface area contributed by atoms with Crippen molar-refractivity contribution in [2.75, 3.05) is 26.2 Å². The first kappa shape index (κ1) is 20.6. The van der Waals surface area contributed by atoms with E-state index in [0.717, 1.165) is 43.7 Å². The number of aryl methyl sites for hydroxylation is 1. The highest BCUT2D eigenvalue weighted by atomic mass is 127. The van der Waals surface area contributed by atoms with E-state index in [4.69, 9.17) is 0 Å². The van der Waals surface area contributed by atoms with Crippen LogP contribution in [0.1, 0.15) is 27.2 Å². The summed E-state index contributed by atoms with van der Waals surface area (Å²) in [5, 5.41) is 10.0. The van der Waals surface area contributed by atoms with Gasteiger partial charge in [0.25, 0.3) is 0 Å². The summed E-state index contributed by atoms with van der Waals surface area (Å²) in [5.74, 6) is 0.874.